The predicted molar refractivity (Wildman–Crippen MR) is 63.4 cm³/mol. The summed E-state index contributed by atoms with van der Waals surface area (Å²) in [7, 11) is 2.79. The third-order valence-electron chi connectivity index (χ3n) is 2.15. The minimum atomic E-state index is -0.919. The van der Waals surface area contributed by atoms with E-state index in [-0.39, 0.29) is 0 Å². The third kappa shape index (κ3) is 2.60. The standard InChI is InChI=1S/C11H12Cl2O3/c1-6-4-7(12)5-8(10(6)15-2)9(13)11(14)16-3/h4-5,9H,1-3H3/t9-/m1/s1. The van der Waals surface area contributed by atoms with Crippen LogP contribution in [0.2, 0.25) is 5.02 Å². The fraction of sp³-hybridized carbons (Fsp3) is 0.364. The van der Waals surface area contributed by atoms with Gasteiger partial charge in [-0.25, -0.2) is 0 Å². The van der Waals surface area contributed by atoms with Crippen molar-refractivity contribution in [2.24, 2.45) is 0 Å². The van der Waals surface area contributed by atoms with E-state index < -0.39 is 11.3 Å². The van der Waals surface area contributed by atoms with Crippen molar-refractivity contribution in [2.45, 2.75) is 12.3 Å². The fourth-order valence-corrected chi connectivity index (χ4v) is 1.99. The van der Waals surface area contributed by atoms with Crippen molar-refractivity contribution in [3.63, 3.8) is 0 Å². The Hall–Kier alpha value is -0.930. The number of methoxy groups -OCH3 is 2. The number of rotatable bonds is 3. The third-order valence-corrected chi connectivity index (χ3v) is 2.78. The normalized spacial score (nSPS) is 12.1. The summed E-state index contributed by atoms with van der Waals surface area (Å²) < 4.78 is 9.77. The van der Waals surface area contributed by atoms with Gasteiger partial charge >= 0.3 is 5.97 Å². The first kappa shape index (κ1) is 13.1. The van der Waals surface area contributed by atoms with E-state index in [0.717, 1.165) is 5.56 Å². The maximum atomic E-state index is 11.4. The zero-order chi connectivity index (χ0) is 12.3. The molecule has 88 valence electrons. The molecule has 1 rings (SSSR count). The summed E-state index contributed by atoms with van der Waals surface area (Å²) in [5, 5.41) is -0.416. The molecule has 0 unspecified atom stereocenters. The number of carbonyl (C=O) groups is 1. The molecular weight excluding hydrogens is 251 g/mol. The number of aryl methyl sites for hydroxylation is 1. The summed E-state index contributed by atoms with van der Waals surface area (Å²) in [6.45, 7) is 1.83. The number of ether oxygens (including phenoxy) is 2. The number of hydrogen-bond donors (Lipinski definition) is 0. The number of benzene rings is 1. The molecule has 3 nitrogen and oxygen atoms in total. The maximum absolute atomic E-state index is 11.4. The highest BCUT2D eigenvalue weighted by molar-refractivity contribution is 6.32. The van der Waals surface area contributed by atoms with Crippen LogP contribution in [-0.2, 0) is 9.53 Å². The van der Waals surface area contributed by atoms with E-state index in [9.17, 15) is 4.79 Å². The van der Waals surface area contributed by atoms with Crippen molar-refractivity contribution < 1.29 is 14.3 Å². The van der Waals surface area contributed by atoms with Crippen LogP contribution in [-0.4, -0.2) is 20.2 Å². The Bertz CT molecular complexity index is 404. The van der Waals surface area contributed by atoms with Crippen LogP contribution in [0.4, 0.5) is 0 Å². The van der Waals surface area contributed by atoms with Gasteiger partial charge in [0, 0.05) is 10.6 Å². The van der Waals surface area contributed by atoms with Gasteiger partial charge in [0.1, 0.15) is 5.75 Å². The molecule has 0 aliphatic heterocycles. The molecule has 1 aromatic carbocycles. The minimum Gasteiger partial charge on any atom is -0.496 e. The highest BCUT2D eigenvalue weighted by Gasteiger charge is 2.23. The highest BCUT2D eigenvalue weighted by Crippen LogP contribution is 2.35. The molecular formula is C11H12Cl2O3. The second-order valence-corrected chi connectivity index (χ2v) is 4.10. The first-order valence-electron chi connectivity index (χ1n) is 4.57. The Morgan fingerprint density at radius 3 is 2.50 bits per heavy atom. The largest absolute Gasteiger partial charge is 0.496 e. The van der Waals surface area contributed by atoms with Crippen LogP contribution in [0.15, 0.2) is 12.1 Å². The molecule has 1 aromatic rings. The van der Waals surface area contributed by atoms with Crippen LogP contribution in [0, 0.1) is 6.92 Å². The molecule has 16 heavy (non-hydrogen) atoms. The van der Waals surface area contributed by atoms with Gasteiger partial charge in [-0.05, 0) is 24.6 Å². The molecule has 0 aliphatic rings. The van der Waals surface area contributed by atoms with Crippen LogP contribution in [0.25, 0.3) is 0 Å². The van der Waals surface area contributed by atoms with E-state index in [4.69, 9.17) is 27.9 Å². The van der Waals surface area contributed by atoms with Gasteiger partial charge in [-0.3, -0.25) is 4.79 Å². The molecule has 0 heterocycles. The lowest BCUT2D eigenvalue weighted by atomic mass is 10.1. The summed E-state index contributed by atoms with van der Waals surface area (Å²) >= 11 is 11.9. The van der Waals surface area contributed by atoms with Gasteiger partial charge in [-0.1, -0.05) is 11.6 Å². The summed E-state index contributed by atoms with van der Waals surface area (Å²) in [6.07, 6.45) is 0. The molecule has 0 bridgehead atoms. The molecule has 0 aromatic heterocycles. The van der Waals surface area contributed by atoms with Crippen molar-refractivity contribution >= 4 is 29.2 Å². The Morgan fingerprint density at radius 2 is 2.00 bits per heavy atom. The smallest absolute Gasteiger partial charge is 0.328 e. The van der Waals surface area contributed by atoms with E-state index in [1.165, 1.54) is 14.2 Å². The molecule has 5 heteroatoms. The number of carbonyl (C=O) groups excluding carboxylic acids is 1. The first-order chi connectivity index (χ1) is 7.51. The molecule has 0 amide bonds. The van der Waals surface area contributed by atoms with Crippen molar-refractivity contribution in [3.05, 3.63) is 28.3 Å². The molecule has 0 saturated carbocycles. The SMILES string of the molecule is COC(=O)[C@H](Cl)c1cc(Cl)cc(C)c1OC. The van der Waals surface area contributed by atoms with Gasteiger partial charge in [0.2, 0.25) is 0 Å². The van der Waals surface area contributed by atoms with E-state index in [1.807, 2.05) is 6.92 Å². The average Bonchev–Trinajstić information content (AvgIpc) is 2.26. The quantitative estimate of drug-likeness (QED) is 0.621. The Kier molecular flexibility index (Phi) is 4.44. The Labute approximate surface area is 104 Å². The van der Waals surface area contributed by atoms with Gasteiger partial charge < -0.3 is 9.47 Å². The second kappa shape index (κ2) is 5.41. The summed E-state index contributed by atoms with van der Waals surface area (Å²) in [4.78, 5) is 11.4. The maximum Gasteiger partial charge on any atom is 0.328 e. The summed E-state index contributed by atoms with van der Waals surface area (Å²) in [5.74, 6) is 0.0106. The molecule has 0 fully saturated rings. The lowest BCUT2D eigenvalue weighted by molar-refractivity contribution is -0.140. The van der Waals surface area contributed by atoms with Crippen LogP contribution in [0.5, 0.6) is 5.75 Å². The van der Waals surface area contributed by atoms with Gasteiger partial charge in [0.05, 0.1) is 14.2 Å². The van der Waals surface area contributed by atoms with Crippen molar-refractivity contribution in [3.8, 4) is 5.75 Å². The van der Waals surface area contributed by atoms with Gasteiger partial charge in [-0.15, -0.1) is 11.6 Å². The molecule has 0 N–H and O–H groups in total. The summed E-state index contributed by atoms with van der Waals surface area (Å²) in [6, 6.07) is 3.34. The molecule has 0 radical (unpaired) electrons. The van der Waals surface area contributed by atoms with E-state index in [0.29, 0.717) is 16.3 Å². The number of hydrogen-bond acceptors (Lipinski definition) is 3. The second-order valence-electron chi connectivity index (χ2n) is 3.23. The van der Waals surface area contributed by atoms with Crippen molar-refractivity contribution in [2.75, 3.05) is 14.2 Å². The summed E-state index contributed by atoms with van der Waals surface area (Å²) in [5.41, 5.74) is 1.33. The molecule has 0 spiro atoms. The topological polar surface area (TPSA) is 35.5 Å². The van der Waals surface area contributed by atoms with E-state index in [1.54, 1.807) is 12.1 Å². The monoisotopic (exact) mass is 262 g/mol. The van der Waals surface area contributed by atoms with Crippen LogP contribution < -0.4 is 4.74 Å². The Balaban J connectivity index is 3.25. The Morgan fingerprint density at radius 1 is 1.38 bits per heavy atom. The van der Waals surface area contributed by atoms with Crippen molar-refractivity contribution in [1.82, 2.24) is 0 Å². The zero-order valence-electron chi connectivity index (χ0n) is 9.21. The molecule has 1 atom stereocenters. The van der Waals surface area contributed by atoms with Gasteiger partial charge in [0.25, 0.3) is 0 Å². The minimum absolute atomic E-state index is 0.503. The average molecular weight is 263 g/mol. The number of halogens is 2. The van der Waals surface area contributed by atoms with Gasteiger partial charge in [-0.2, -0.15) is 0 Å². The molecule has 0 aliphatic carbocycles. The van der Waals surface area contributed by atoms with Crippen LogP contribution >= 0.6 is 23.2 Å². The molecule has 0 saturated heterocycles. The van der Waals surface area contributed by atoms with Gasteiger partial charge in [0.15, 0.2) is 5.38 Å². The predicted octanol–water partition coefficient (Wildman–Crippen LogP) is 3.11. The lowest BCUT2D eigenvalue weighted by Crippen LogP contribution is -2.10. The van der Waals surface area contributed by atoms with E-state index in [2.05, 4.69) is 4.74 Å². The van der Waals surface area contributed by atoms with Crippen LogP contribution in [0.3, 0.4) is 0 Å². The highest BCUT2D eigenvalue weighted by atomic mass is 35.5. The van der Waals surface area contributed by atoms with Crippen LogP contribution in [0.1, 0.15) is 16.5 Å². The number of esters is 1. The van der Waals surface area contributed by atoms with E-state index >= 15 is 0 Å². The fourth-order valence-electron chi connectivity index (χ4n) is 1.45. The lowest BCUT2D eigenvalue weighted by Gasteiger charge is -2.14. The zero-order valence-corrected chi connectivity index (χ0v) is 10.7. The number of alkyl halides is 1. The van der Waals surface area contributed by atoms with Crippen molar-refractivity contribution in [1.29, 1.82) is 0 Å². The first-order valence-corrected chi connectivity index (χ1v) is 5.38.